The first-order chi connectivity index (χ1) is 11.7. The van der Waals surface area contributed by atoms with Crippen LogP contribution in [0.5, 0.6) is 0 Å². The summed E-state index contributed by atoms with van der Waals surface area (Å²) in [5.41, 5.74) is 5.58. The van der Waals surface area contributed by atoms with E-state index < -0.39 is 0 Å². The van der Waals surface area contributed by atoms with Gasteiger partial charge in [-0.05, 0) is 61.5 Å². The first-order valence-electron chi connectivity index (χ1n) is 8.82. The van der Waals surface area contributed by atoms with Crippen LogP contribution < -0.4 is 5.32 Å². The molecule has 0 bridgehead atoms. The fourth-order valence-electron chi connectivity index (χ4n) is 3.89. The molecule has 2 aromatic rings. The van der Waals surface area contributed by atoms with E-state index in [9.17, 15) is 4.79 Å². The lowest BCUT2D eigenvalue weighted by Gasteiger charge is -2.23. The zero-order valence-corrected chi connectivity index (χ0v) is 14.0. The molecule has 1 saturated heterocycles. The summed E-state index contributed by atoms with van der Waals surface area (Å²) in [7, 11) is 0. The Morgan fingerprint density at radius 1 is 1.12 bits per heavy atom. The second-order valence-corrected chi connectivity index (χ2v) is 6.90. The van der Waals surface area contributed by atoms with E-state index in [1.807, 2.05) is 12.1 Å². The maximum absolute atomic E-state index is 12.4. The molecule has 124 valence electrons. The normalized spacial score (nSPS) is 20.7. The monoisotopic (exact) mass is 321 g/mol. The van der Waals surface area contributed by atoms with Crippen molar-refractivity contribution in [2.24, 2.45) is 0 Å². The molecule has 1 atom stereocenters. The Morgan fingerprint density at radius 3 is 2.71 bits per heavy atom. The van der Waals surface area contributed by atoms with Gasteiger partial charge in [0.25, 0.3) is 0 Å². The Hall–Kier alpha value is -2.13. The first kappa shape index (κ1) is 15.4. The molecule has 2 aromatic carbocycles. The predicted molar refractivity (Wildman–Crippen MR) is 94.3 cm³/mol. The van der Waals surface area contributed by atoms with Crippen molar-refractivity contribution in [2.75, 3.05) is 13.1 Å². The van der Waals surface area contributed by atoms with Gasteiger partial charge in [-0.3, -0.25) is 0 Å². The van der Waals surface area contributed by atoms with Gasteiger partial charge in [0, 0.05) is 12.0 Å². The van der Waals surface area contributed by atoms with Gasteiger partial charge in [-0.25, -0.2) is 4.79 Å². The molecule has 24 heavy (non-hydrogen) atoms. The molecular formula is C21H23NO2. The summed E-state index contributed by atoms with van der Waals surface area (Å²) in [6.45, 7) is 4.22. The lowest BCUT2D eigenvalue weighted by molar-refractivity contribution is 0.0386. The first-order valence-corrected chi connectivity index (χ1v) is 8.82. The van der Waals surface area contributed by atoms with Crippen molar-refractivity contribution in [3.8, 4) is 0 Å². The van der Waals surface area contributed by atoms with Gasteiger partial charge in [-0.1, -0.05) is 36.4 Å². The van der Waals surface area contributed by atoms with Crippen molar-refractivity contribution in [1.82, 2.24) is 5.32 Å². The van der Waals surface area contributed by atoms with E-state index in [-0.39, 0.29) is 12.1 Å². The quantitative estimate of drug-likeness (QED) is 0.871. The topological polar surface area (TPSA) is 38.3 Å². The highest BCUT2D eigenvalue weighted by molar-refractivity contribution is 5.94. The number of esters is 1. The molecule has 0 saturated carbocycles. The van der Waals surface area contributed by atoms with Gasteiger partial charge in [-0.15, -0.1) is 0 Å². The third-order valence-corrected chi connectivity index (χ3v) is 5.37. The third-order valence-electron chi connectivity index (χ3n) is 5.37. The average Bonchev–Trinajstić information content (AvgIpc) is 2.93. The molecule has 4 rings (SSSR count). The molecule has 1 unspecified atom stereocenters. The fourth-order valence-corrected chi connectivity index (χ4v) is 3.89. The number of piperidine rings is 1. The van der Waals surface area contributed by atoms with Gasteiger partial charge < -0.3 is 10.1 Å². The number of carbonyl (C=O) groups excluding carboxylic acids is 1. The lowest BCUT2D eigenvalue weighted by atomic mass is 9.87. The van der Waals surface area contributed by atoms with Crippen LogP contribution in [0, 0.1) is 6.92 Å². The van der Waals surface area contributed by atoms with Crippen LogP contribution in [-0.2, 0) is 11.2 Å². The second-order valence-electron chi connectivity index (χ2n) is 6.90. The number of rotatable bonds is 3. The summed E-state index contributed by atoms with van der Waals surface area (Å²) < 4.78 is 5.68. The van der Waals surface area contributed by atoms with Crippen molar-refractivity contribution in [2.45, 2.75) is 38.2 Å². The molecule has 1 N–H and O–H groups in total. The Balaban J connectivity index is 1.60. The zero-order chi connectivity index (χ0) is 16.5. The van der Waals surface area contributed by atoms with E-state index in [4.69, 9.17) is 4.74 Å². The maximum atomic E-state index is 12.4. The number of fused-ring (bicyclic) bond motifs is 1. The molecule has 0 radical (unpaired) electrons. The maximum Gasteiger partial charge on any atom is 0.339 e. The molecule has 1 fully saturated rings. The van der Waals surface area contributed by atoms with Crippen LogP contribution in [0.2, 0.25) is 0 Å². The van der Waals surface area contributed by atoms with Gasteiger partial charge in [0.1, 0.15) is 6.10 Å². The highest BCUT2D eigenvalue weighted by atomic mass is 16.5. The van der Waals surface area contributed by atoms with E-state index in [1.165, 1.54) is 16.7 Å². The summed E-state index contributed by atoms with van der Waals surface area (Å²) in [6, 6.07) is 14.7. The van der Waals surface area contributed by atoms with Crippen LogP contribution in [0.4, 0.5) is 0 Å². The SMILES string of the molecule is Cc1ccccc1CC1OC(=O)c2cc(C3CCNCC3)ccc21. The smallest absolute Gasteiger partial charge is 0.339 e. The van der Waals surface area contributed by atoms with Gasteiger partial charge in [-0.2, -0.15) is 0 Å². The molecule has 3 nitrogen and oxygen atoms in total. The van der Waals surface area contributed by atoms with Crippen molar-refractivity contribution < 1.29 is 9.53 Å². The van der Waals surface area contributed by atoms with E-state index in [1.54, 1.807) is 0 Å². The highest BCUT2D eigenvalue weighted by Gasteiger charge is 2.32. The van der Waals surface area contributed by atoms with Crippen LogP contribution in [-0.4, -0.2) is 19.1 Å². The lowest BCUT2D eigenvalue weighted by Crippen LogP contribution is -2.26. The van der Waals surface area contributed by atoms with Crippen LogP contribution in [0.25, 0.3) is 0 Å². The van der Waals surface area contributed by atoms with E-state index in [0.29, 0.717) is 5.92 Å². The zero-order valence-electron chi connectivity index (χ0n) is 14.0. The van der Waals surface area contributed by atoms with Crippen LogP contribution in [0.1, 0.15) is 57.5 Å². The molecule has 0 spiro atoms. The van der Waals surface area contributed by atoms with Crippen molar-refractivity contribution in [3.63, 3.8) is 0 Å². The summed E-state index contributed by atoms with van der Waals surface area (Å²) >= 11 is 0. The molecule has 0 aromatic heterocycles. The molecule has 0 amide bonds. The molecule has 2 heterocycles. The number of carbonyl (C=O) groups is 1. The molecule has 2 aliphatic rings. The summed E-state index contributed by atoms with van der Waals surface area (Å²) in [5.74, 6) is 0.388. The number of benzene rings is 2. The van der Waals surface area contributed by atoms with Crippen molar-refractivity contribution in [1.29, 1.82) is 0 Å². The van der Waals surface area contributed by atoms with Crippen LogP contribution >= 0.6 is 0 Å². The minimum atomic E-state index is -0.167. The van der Waals surface area contributed by atoms with Crippen LogP contribution in [0.3, 0.4) is 0 Å². The van der Waals surface area contributed by atoms with Crippen molar-refractivity contribution in [3.05, 3.63) is 70.3 Å². The van der Waals surface area contributed by atoms with Crippen molar-refractivity contribution >= 4 is 5.97 Å². The minimum Gasteiger partial charge on any atom is -0.454 e. The summed E-state index contributed by atoms with van der Waals surface area (Å²) in [6.07, 6.45) is 2.87. The Bertz CT molecular complexity index is 762. The number of cyclic esters (lactones) is 1. The van der Waals surface area contributed by atoms with E-state index >= 15 is 0 Å². The number of hydrogen-bond acceptors (Lipinski definition) is 3. The van der Waals surface area contributed by atoms with Gasteiger partial charge >= 0.3 is 5.97 Å². The average molecular weight is 321 g/mol. The minimum absolute atomic E-state index is 0.157. The molecular weight excluding hydrogens is 298 g/mol. The Kier molecular flexibility index (Phi) is 4.11. The highest BCUT2D eigenvalue weighted by Crippen LogP contribution is 2.36. The van der Waals surface area contributed by atoms with Gasteiger partial charge in [0.05, 0.1) is 5.56 Å². The standard InChI is InChI=1S/C21H23NO2/c1-14-4-2-3-5-16(14)13-20-18-7-6-17(12-19(18)21(23)24-20)15-8-10-22-11-9-15/h2-7,12,15,20,22H,8-11,13H2,1H3. The third kappa shape index (κ3) is 2.84. The van der Waals surface area contributed by atoms with Gasteiger partial charge in [0.2, 0.25) is 0 Å². The van der Waals surface area contributed by atoms with Gasteiger partial charge in [0.15, 0.2) is 0 Å². The summed E-state index contributed by atoms with van der Waals surface area (Å²) in [4.78, 5) is 12.4. The predicted octanol–water partition coefficient (Wildman–Crippen LogP) is 3.92. The Morgan fingerprint density at radius 2 is 1.92 bits per heavy atom. The molecule has 2 aliphatic heterocycles. The second kappa shape index (κ2) is 6.40. The van der Waals surface area contributed by atoms with E-state index in [0.717, 1.165) is 43.5 Å². The number of aryl methyl sites for hydroxylation is 1. The largest absolute Gasteiger partial charge is 0.454 e. The number of nitrogens with one attached hydrogen (secondary N) is 1. The molecule has 0 aliphatic carbocycles. The van der Waals surface area contributed by atoms with E-state index in [2.05, 4.69) is 42.6 Å². The number of hydrogen-bond donors (Lipinski definition) is 1. The fraction of sp³-hybridized carbons (Fsp3) is 0.381. The number of ether oxygens (including phenoxy) is 1. The summed E-state index contributed by atoms with van der Waals surface area (Å²) in [5, 5.41) is 3.39. The molecule has 3 heteroatoms. The Labute approximate surface area is 143 Å². The van der Waals surface area contributed by atoms with Crippen LogP contribution in [0.15, 0.2) is 42.5 Å².